The van der Waals surface area contributed by atoms with Crippen LogP contribution in [0, 0.1) is 6.92 Å². The molecule has 0 radical (unpaired) electrons. The maximum Gasteiger partial charge on any atom is 0.255 e. The molecule has 0 atom stereocenters. The number of amides is 2. The number of aromatic nitrogens is 2. The zero-order valence-electron chi connectivity index (χ0n) is 18.1. The molecule has 0 unspecified atom stereocenters. The van der Waals surface area contributed by atoms with E-state index in [1.165, 1.54) is 0 Å². The highest BCUT2D eigenvalue weighted by Crippen LogP contribution is 2.14. The van der Waals surface area contributed by atoms with Gasteiger partial charge in [0.05, 0.1) is 13.2 Å². The number of H-pyrrole nitrogens is 1. The molecule has 1 saturated heterocycles. The third kappa shape index (κ3) is 7.06. The Labute approximate surface area is 191 Å². The number of aromatic amines is 1. The number of morpholine rings is 1. The number of anilines is 2. The second kappa shape index (κ2) is 11.6. The van der Waals surface area contributed by atoms with Gasteiger partial charge in [-0.2, -0.15) is 0 Å². The minimum atomic E-state index is -0.217. The largest absolute Gasteiger partial charge is 0.378 e. The monoisotopic (exact) mass is 461 g/mol. The second-order valence-corrected chi connectivity index (χ2v) is 8.00. The number of hydrogen-bond acceptors (Lipinski definition) is 6. The molecule has 3 rings (SSSR count). The van der Waals surface area contributed by atoms with Gasteiger partial charge < -0.3 is 20.3 Å². The molecule has 0 aliphatic carbocycles. The van der Waals surface area contributed by atoms with Gasteiger partial charge in [0.1, 0.15) is 0 Å². The van der Waals surface area contributed by atoms with Gasteiger partial charge in [-0.1, -0.05) is 11.6 Å². The zero-order valence-corrected chi connectivity index (χ0v) is 18.8. The van der Waals surface area contributed by atoms with E-state index in [9.17, 15) is 14.4 Å². The Bertz CT molecular complexity index is 987. The Balaban J connectivity index is 1.38. The topological polar surface area (TPSA) is 116 Å². The third-order valence-electron chi connectivity index (χ3n) is 5.15. The summed E-state index contributed by atoms with van der Waals surface area (Å²) in [6.45, 7) is 4.74. The molecule has 0 saturated carbocycles. The lowest BCUT2D eigenvalue weighted by Crippen LogP contribution is -2.38. The first-order valence-corrected chi connectivity index (χ1v) is 11.0. The molecule has 2 heterocycles. The molecule has 32 heavy (non-hydrogen) atoms. The van der Waals surface area contributed by atoms with Gasteiger partial charge in [-0.3, -0.25) is 19.4 Å². The summed E-state index contributed by atoms with van der Waals surface area (Å²) in [5, 5.41) is 6.17. The van der Waals surface area contributed by atoms with Gasteiger partial charge in [-0.15, -0.1) is 0 Å². The highest BCUT2D eigenvalue weighted by molar-refractivity contribution is 6.30. The van der Waals surface area contributed by atoms with Crippen molar-refractivity contribution in [2.24, 2.45) is 0 Å². The summed E-state index contributed by atoms with van der Waals surface area (Å²) in [4.78, 5) is 45.9. The van der Waals surface area contributed by atoms with Crippen molar-refractivity contribution in [1.82, 2.24) is 15.3 Å². The fraction of sp³-hybridized carbons (Fsp3) is 0.455. The van der Waals surface area contributed by atoms with E-state index in [0.717, 1.165) is 0 Å². The maximum atomic E-state index is 12.5. The first-order chi connectivity index (χ1) is 15.4. The molecule has 10 heteroatoms. The van der Waals surface area contributed by atoms with E-state index >= 15 is 0 Å². The number of benzene rings is 1. The Morgan fingerprint density at radius 3 is 2.56 bits per heavy atom. The van der Waals surface area contributed by atoms with Gasteiger partial charge in [-0.25, -0.2) is 4.98 Å². The second-order valence-electron chi connectivity index (χ2n) is 7.56. The highest BCUT2D eigenvalue weighted by Gasteiger charge is 2.16. The summed E-state index contributed by atoms with van der Waals surface area (Å²) in [5.41, 5.74) is 1.60. The van der Waals surface area contributed by atoms with Gasteiger partial charge in [0.25, 0.3) is 5.56 Å². The van der Waals surface area contributed by atoms with E-state index in [1.54, 1.807) is 31.2 Å². The fourth-order valence-corrected chi connectivity index (χ4v) is 3.50. The number of carbonyl (C=O) groups is 2. The number of aryl methyl sites for hydroxylation is 1. The summed E-state index contributed by atoms with van der Waals surface area (Å²) in [5.74, 6) is 0.246. The minimum absolute atomic E-state index is 0.129. The van der Waals surface area contributed by atoms with E-state index in [0.29, 0.717) is 73.6 Å². The van der Waals surface area contributed by atoms with Gasteiger partial charge in [0.2, 0.25) is 17.8 Å². The van der Waals surface area contributed by atoms with Crippen molar-refractivity contribution in [2.75, 3.05) is 43.1 Å². The molecule has 2 amide bonds. The quantitative estimate of drug-likeness (QED) is 0.492. The summed E-state index contributed by atoms with van der Waals surface area (Å²) in [6.07, 6.45) is 1.29. The van der Waals surface area contributed by atoms with Crippen LogP contribution in [0.25, 0.3) is 0 Å². The molecule has 0 bridgehead atoms. The molecule has 3 N–H and O–H groups in total. The number of nitrogens with zero attached hydrogens (tertiary/aromatic N) is 2. The minimum Gasteiger partial charge on any atom is -0.378 e. The molecule has 2 aromatic rings. The smallest absolute Gasteiger partial charge is 0.255 e. The molecule has 1 aromatic heterocycles. The number of carbonyl (C=O) groups excluding carboxylic acids is 2. The molecule has 1 aliphatic rings. The van der Waals surface area contributed by atoms with Crippen LogP contribution in [0.5, 0.6) is 0 Å². The molecular formula is C22H28ClN5O4. The number of nitrogens with one attached hydrogen (secondary N) is 3. The average Bonchev–Trinajstić information content (AvgIpc) is 2.78. The van der Waals surface area contributed by atoms with Crippen LogP contribution in [0.1, 0.15) is 30.5 Å². The highest BCUT2D eigenvalue weighted by atomic mass is 35.5. The SMILES string of the molecule is Cc1nc(N2CCOCC2)[nH]c(=O)c1CCC(=O)NCCCC(=O)Nc1ccc(Cl)cc1. The average molecular weight is 462 g/mol. The Morgan fingerprint density at radius 2 is 1.88 bits per heavy atom. The summed E-state index contributed by atoms with van der Waals surface area (Å²) in [6, 6.07) is 6.87. The van der Waals surface area contributed by atoms with Crippen molar-refractivity contribution < 1.29 is 14.3 Å². The molecule has 9 nitrogen and oxygen atoms in total. The number of halogens is 1. The number of hydrogen-bond donors (Lipinski definition) is 3. The van der Waals surface area contributed by atoms with Crippen molar-refractivity contribution in [2.45, 2.75) is 32.6 Å². The molecular weight excluding hydrogens is 434 g/mol. The standard InChI is InChI=1S/C22H28ClN5O4/c1-15-18(21(31)27-22(25-15)28-11-13-32-14-12-28)8-9-19(29)24-10-2-3-20(30)26-17-6-4-16(23)5-7-17/h4-7H,2-3,8-14H2,1H3,(H,24,29)(H,26,30)(H,25,27,31). The summed E-state index contributed by atoms with van der Waals surface area (Å²) < 4.78 is 5.32. The van der Waals surface area contributed by atoms with Crippen molar-refractivity contribution >= 4 is 35.1 Å². The van der Waals surface area contributed by atoms with Crippen LogP contribution < -0.4 is 21.1 Å². The van der Waals surface area contributed by atoms with Gasteiger partial charge >= 0.3 is 0 Å². The predicted octanol–water partition coefficient (Wildman–Crippen LogP) is 2.04. The lowest BCUT2D eigenvalue weighted by atomic mass is 10.1. The van der Waals surface area contributed by atoms with Crippen LogP contribution in [0.2, 0.25) is 5.02 Å². The summed E-state index contributed by atoms with van der Waals surface area (Å²) in [7, 11) is 0. The van der Waals surface area contributed by atoms with Crippen LogP contribution >= 0.6 is 11.6 Å². The van der Waals surface area contributed by atoms with E-state index < -0.39 is 0 Å². The Morgan fingerprint density at radius 1 is 1.16 bits per heavy atom. The first kappa shape index (κ1) is 23.7. The summed E-state index contributed by atoms with van der Waals surface area (Å²) >= 11 is 5.82. The molecule has 172 valence electrons. The van der Waals surface area contributed by atoms with Crippen LogP contribution in [-0.4, -0.2) is 54.6 Å². The van der Waals surface area contributed by atoms with Crippen molar-refractivity contribution in [3.63, 3.8) is 0 Å². The lowest BCUT2D eigenvalue weighted by molar-refractivity contribution is -0.121. The van der Waals surface area contributed by atoms with Crippen LogP contribution in [0.3, 0.4) is 0 Å². The van der Waals surface area contributed by atoms with Gasteiger partial charge in [0.15, 0.2) is 0 Å². The van der Waals surface area contributed by atoms with Gasteiger partial charge in [0, 0.05) is 54.4 Å². The molecule has 1 aromatic carbocycles. The third-order valence-corrected chi connectivity index (χ3v) is 5.41. The lowest BCUT2D eigenvalue weighted by Gasteiger charge is -2.27. The molecule has 1 fully saturated rings. The first-order valence-electron chi connectivity index (χ1n) is 10.7. The number of rotatable bonds is 9. The van der Waals surface area contributed by atoms with E-state index in [-0.39, 0.29) is 30.2 Å². The van der Waals surface area contributed by atoms with Gasteiger partial charge in [-0.05, 0) is 44.0 Å². The Hall–Kier alpha value is -2.91. The predicted molar refractivity (Wildman–Crippen MR) is 123 cm³/mol. The number of ether oxygens (including phenoxy) is 1. The van der Waals surface area contributed by atoms with E-state index in [1.807, 2.05) is 4.90 Å². The van der Waals surface area contributed by atoms with Crippen LogP contribution in [0.15, 0.2) is 29.1 Å². The van der Waals surface area contributed by atoms with Crippen LogP contribution in [0.4, 0.5) is 11.6 Å². The molecule has 1 aliphatic heterocycles. The fourth-order valence-electron chi connectivity index (χ4n) is 3.38. The van der Waals surface area contributed by atoms with E-state index in [2.05, 4.69) is 20.6 Å². The molecule has 0 spiro atoms. The van der Waals surface area contributed by atoms with Crippen molar-refractivity contribution in [1.29, 1.82) is 0 Å². The van der Waals surface area contributed by atoms with Crippen molar-refractivity contribution in [3.8, 4) is 0 Å². The van der Waals surface area contributed by atoms with Crippen LogP contribution in [-0.2, 0) is 20.7 Å². The zero-order chi connectivity index (χ0) is 22.9. The van der Waals surface area contributed by atoms with Crippen molar-refractivity contribution in [3.05, 3.63) is 50.9 Å². The maximum absolute atomic E-state index is 12.5. The normalized spacial score (nSPS) is 13.6. The Kier molecular flexibility index (Phi) is 8.64. The van der Waals surface area contributed by atoms with E-state index in [4.69, 9.17) is 16.3 Å².